The molecule has 0 aromatic carbocycles. The first-order valence-electron chi connectivity index (χ1n) is 4.87. The predicted molar refractivity (Wildman–Crippen MR) is 57.8 cm³/mol. The lowest BCUT2D eigenvalue weighted by molar-refractivity contribution is 0.259. The summed E-state index contributed by atoms with van der Waals surface area (Å²) in [6.07, 6.45) is 3.59. The molecule has 5 heteroatoms. The molecule has 0 spiro atoms. The van der Waals surface area contributed by atoms with Crippen LogP contribution in [0.5, 0.6) is 5.88 Å². The SMILES string of the molecule is CCCCOc1ccc(NC(N)=O)cn1. The van der Waals surface area contributed by atoms with Crippen molar-refractivity contribution >= 4 is 11.7 Å². The van der Waals surface area contributed by atoms with Crippen molar-refractivity contribution in [3.05, 3.63) is 18.3 Å². The highest BCUT2D eigenvalue weighted by Gasteiger charge is 1.98. The third-order valence-corrected chi connectivity index (χ3v) is 1.75. The Kier molecular flexibility index (Phi) is 4.40. The van der Waals surface area contributed by atoms with Crippen LogP contribution >= 0.6 is 0 Å². The molecule has 0 atom stereocenters. The van der Waals surface area contributed by atoms with Crippen LogP contribution in [-0.2, 0) is 0 Å². The lowest BCUT2D eigenvalue weighted by Crippen LogP contribution is -2.19. The van der Waals surface area contributed by atoms with Gasteiger partial charge in [0.1, 0.15) is 0 Å². The van der Waals surface area contributed by atoms with Crippen LogP contribution in [-0.4, -0.2) is 17.6 Å². The second-order valence-corrected chi connectivity index (χ2v) is 3.08. The van der Waals surface area contributed by atoms with Gasteiger partial charge in [-0.15, -0.1) is 0 Å². The fraction of sp³-hybridized carbons (Fsp3) is 0.400. The number of nitrogens with one attached hydrogen (secondary N) is 1. The lowest BCUT2D eigenvalue weighted by atomic mass is 10.4. The van der Waals surface area contributed by atoms with Gasteiger partial charge in [0.25, 0.3) is 0 Å². The van der Waals surface area contributed by atoms with Crippen LogP contribution in [0.4, 0.5) is 10.5 Å². The van der Waals surface area contributed by atoms with Crippen LogP contribution in [0, 0.1) is 0 Å². The minimum absolute atomic E-state index is 0.554. The van der Waals surface area contributed by atoms with E-state index in [0.717, 1.165) is 12.8 Å². The van der Waals surface area contributed by atoms with Gasteiger partial charge in [-0.2, -0.15) is 0 Å². The number of urea groups is 1. The number of aromatic nitrogens is 1. The number of nitrogens with zero attached hydrogens (tertiary/aromatic N) is 1. The summed E-state index contributed by atoms with van der Waals surface area (Å²) in [5.74, 6) is 0.554. The molecule has 1 rings (SSSR count). The van der Waals surface area contributed by atoms with E-state index in [4.69, 9.17) is 10.5 Å². The maximum atomic E-state index is 10.5. The molecule has 3 N–H and O–H groups in total. The summed E-state index contributed by atoms with van der Waals surface area (Å²) < 4.78 is 5.35. The molecule has 1 heterocycles. The second kappa shape index (κ2) is 5.85. The monoisotopic (exact) mass is 209 g/mol. The quantitative estimate of drug-likeness (QED) is 0.725. The number of carbonyl (C=O) groups excluding carboxylic acids is 1. The molecular formula is C10H15N3O2. The summed E-state index contributed by atoms with van der Waals surface area (Å²) in [6.45, 7) is 2.75. The number of hydrogen-bond donors (Lipinski definition) is 2. The minimum atomic E-state index is -0.601. The average Bonchev–Trinajstić information content (AvgIpc) is 2.20. The van der Waals surface area contributed by atoms with Crippen molar-refractivity contribution in [2.45, 2.75) is 19.8 Å². The fourth-order valence-corrected chi connectivity index (χ4v) is 1.00. The fourth-order valence-electron chi connectivity index (χ4n) is 1.00. The molecule has 1 aromatic rings. The number of carbonyl (C=O) groups is 1. The Morgan fingerprint density at radius 1 is 1.60 bits per heavy atom. The Morgan fingerprint density at radius 3 is 2.93 bits per heavy atom. The predicted octanol–water partition coefficient (Wildman–Crippen LogP) is 1.75. The first kappa shape index (κ1) is 11.3. The van der Waals surface area contributed by atoms with Gasteiger partial charge in [0.05, 0.1) is 18.5 Å². The molecule has 0 bridgehead atoms. The molecule has 0 saturated heterocycles. The third kappa shape index (κ3) is 4.30. The maximum absolute atomic E-state index is 10.5. The Balaban J connectivity index is 2.45. The topological polar surface area (TPSA) is 77.2 Å². The van der Waals surface area contributed by atoms with Crippen LogP contribution < -0.4 is 15.8 Å². The number of pyridine rings is 1. The van der Waals surface area contributed by atoms with E-state index in [2.05, 4.69) is 17.2 Å². The molecule has 0 radical (unpaired) electrons. The first-order chi connectivity index (χ1) is 7.22. The summed E-state index contributed by atoms with van der Waals surface area (Å²) in [4.78, 5) is 14.5. The van der Waals surface area contributed by atoms with E-state index in [1.54, 1.807) is 12.1 Å². The van der Waals surface area contributed by atoms with Crippen molar-refractivity contribution < 1.29 is 9.53 Å². The van der Waals surface area contributed by atoms with Crippen LogP contribution in [0.15, 0.2) is 18.3 Å². The molecular weight excluding hydrogens is 194 g/mol. The number of anilines is 1. The van der Waals surface area contributed by atoms with Gasteiger partial charge in [0.15, 0.2) is 0 Å². The Labute approximate surface area is 88.6 Å². The Bertz CT molecular complexity index is 311. The minimum Gasteiger partial charge on any atom is -0.478 e. The highest BCUT2D eigenvalue weighted by atomic mass is 16.5. The zero-order valence-corrected chi connectivity index (χ0v) is 8.69. The van der Waals surface area contributed by atoms with Crippen molar-refractivity contribution in [1.29, 1.82) is 0 Å². The van der Waals surface area contributed by atoms with Crippen LogP contribution in [0.2, 0.25) is 0 Å². The lowest BCUT2D eigenvalue weighted by Gasteiger charge is -2.05. The summed E-state index contributed by atoms with van der Waals surface area (Å²) in [5.41, 5.74) is 5.51. The number of hydrogen-bond acceptors (Lipinski definition) is 3. The normalized spacial score (nSPS) is 9.67. The van der Waals surface area contributed by atoms with Crippen molar-refractivity contribution in [1.82, 2.24) is 4.98 Å². The summed E-state index contributed by atoms with van der Waals surface area (Å²) in [7, 11) is 0. The van der Waals surface area contributed by atoms with Gasteiger partial charge < -0.3 is 15.8 Å². The average molecular weight is 209 g/mol. The largest absolute Gasteiger partial charge is 0.478 e. The summed E-state index contributed by atoms with van der Waals surface area (Å²) in [5, 5.41) is 2.42. The molecule has 0 aliphatic heterocycles. The Morgan fingerprint density at radius 2 is 2.40 bits per heavy atom. The van der Waals surface area contributed by atoms with Gasteiger partial charge >= 0.3 is 6.03 Å². The molecule has 1 aromatic heterocycles. The number of rotatable bonds is 5. The molecule has 0 aliphatic carbocycles. The Hall–Kier alpha value is -1.78. The van der Waals surface area contributed by atoms with Crippen molar-refractivity contribution in [2.75, 3.05) is 11.9 Å². The molecule has 5 nitrogen and oxygen atoms in total. The number of ether oxygens (including phenoxy) is 1. The van der Waals surface area contributed by atoms with Gasteiger partial charge in [0.2, 0.25) is 5.88 Å². The van der Waals surface area contributed by atoms with E-state index in [0.29, 0.717) is 18.2 Å². The molecule has 82 valence electrons. The van der Waals surface area contributed by atoms with Crippen molar-refractivity contribution in [3.63, 3.8) is 0 Å². The van der Waals surface area contributed by atoms with E-state index in [-0.39, 0.29) is 0 Å². The van der Waals surface area contributed by atoms with E-state index in [1.165, 1.54) is 6.20 Å². The molecule has 0 unspecified atom stereocenters. The van der Waals surface area contributed by atoms with Gasteiger partial charge in [-0.05, 0) is 12.5 Å². The highest BCUT2D eigenvalue weighted by molar-refractivity contribution is 5.87. The van der Waals surface area contributed by atoms with Gasteiger partial charge in [-0.25, -0.2) is 9.78 Å². The third-order valence-electron chi connectivity index (χ3n) is 1.75. The van der Waals surface area contributed by atoms with Gasteiger partial charge in [-0.3, -0.25) is 0 Å². The molecule has 2 amide bonds. The zero-order chi connectivity index (χ0) is 11.1. The van der Waals surface area contributed by atoms with Gasteiger partial charge in [0, 0.05) is 6.07 Å². The second-order valence-electron chi connectivity index (χ2n) is 3.08. The first-order valence-corrected chi connectivity index (χ1v) is 4.87. The summed E-state index contributed by atoms with van der Waals surface area (Å²) >= 11 is 0. The number of amides is 2. The molecule has 0 aliphatic rings. The van der Waals surface area contributed by atoms with Gasteiger partial charge in [-0.1, -0.05) is 13.3 Å². The zero-order valence-electron chi connectivity index (χ0n) is 8.69. The maximum Gasteiger partial charge on any atom is 0.316 e. The van der Waals surface area contributed by atoms with Crippen LogP contribution in [0.3, 0.4) is 0 Å². The van der Waals surface area contributed by atoms with Crippen LogP contribution in [0.25, 0.3) is 0 Å². The number of nitrogens with two attached hydrogens (primary N) is 1. The van der Waals surface area contributed by atoms with E-state index in [1.807, 2.05) is 0 Å². The summed E-state index contributed by atoms with van der Waals surface area (Å²) in [6, 6.07) is 2.79. The highest BCUT2D eigenvalue weighted by Crippen LogP contribution is 2.11. The molecule has 0 fully saturated rings. The van der Waals surface area contributed by atoms with E-state index >= 15 is 0 Å². The van der Waals surface area contributed by atoms with E-state index in [9.17, 15) is 4.79 Å². The molecule has 15 heavy (non-hydrogen) atoms. The van der Waals surface area contributed by atoms with Crippen molar-refractivity contribution in [3.8, 4) is 5.88 Å². The smallest absolute Gasteiger partial charge is 0.316 e. The van der Waals surface area contributed by atoms with Crippen LogP contribution in [0.1, 0.15) is 19.8 Å². The number of primary amides is 1. The van der Waals surface area contributed by atoms with E-state index < -0.39 is 6.03 Å². The van der Waals surface area contributed by atoms with Crippen molar-refractivity contribution in [2.24, 2.45) is 5.73 Å². The standard InChI is InChI=1S/C10H15N3O2/c1-2-3-6-15-9-5-4-8(7-12-9)13-10(11)14/h4-5,7H,2-3,6H2,1H3,(H3,11,13,14). The number of unbranched alkanes of at least 4 members (excludes halogenated alkanes) is 1. The molecule has 0 saturated carbocycles.